The van der Waals surface area contributed by atoms with Crippen molar-refractivity contribution < 1.29 is 23.1 Å². The summed E-state index contributed by atoms with van der Waals surface area (Å²) < 4.78 is 31.6. The molecule has 7 nitrogen and oxygen atoms in total. The predicted octanol–water partition coefficient (Wildman–Crippen LogP) is 2.71. The van der Waals surface area contributed by atoms with Crippen molar-refractivity contribution >= 4 is 18.0 Å². The number of amides is 1. The number of carbonyl (C=O) groups excluding carboxylic acids is 2. The van der Waals surface area contributed by atoms with Crippen LogP contribution in [0.1, 0.15) is 35.3 Å². The minimum Gasteiger partial charge on any atom is -0.494 e. The van der Waals surface area contributed by atoms with Crippen LogP contribution in [0, 0.1) is 0 Å². The molecule has 1 saturated heterocycles. The Morgan fingerprint density at radius 3 is 2.55 bits per heavy atom. The maximum absolute atomic E-state index is 13.2. The van der Waals surface area contributed by atoms with E-state index in [0.29, 0.717) is 36.3 Å². The molecule has 1 spiro atoms. The normalized spacial score (nSPS) is 18.4. The number of alkyl halides is 2. The number of ether oxygens (including phenoxy) is 1. The van der Waals surface area contributed by atoms with Gasteiger partial charge in [-0.3, -0.25) is 24.4 Å². The largest absolute Gasteiger partial charge is 0.494 e. The summed E-state index contributed by atoms with van der Waals surface area (Å²) in [4.78, 5) is 36.3. The molecule has 2 fully saturated rings. The first-order valence-corrected chi connectivity index (χ1v) is 9.22. The minimum atomic E-state index is -2.77. The second-order valence-corrected chi connectivity index (χ2v) is 7.27. The second-order valence-electron chi connectivity index (χ2n) is 7.27. The first kappa shape index (κ1) is 19.4. The number of methoxy groups -OCH3 is 1. The highest BCUT2D eigenvalue weighted by Gasteiger charge is 2.57. The Labute approximate surface area is 166 Å². The van der Waals surface area contributed by atoms with E-state index in [1.54, 1.807) is 11.0 Å². The Morgan fingerprint density at radius 1 is 1.17 bits per heavy atom. The van der Waals surface area contributed by atoms with Crippen LogP contribution < -0.4 is 9.64 Å². The van der Waals surface area contributed by atoms with Gasteiger partial charge in [-0.25, -0.2) is 13.8 Å². The zero-order valence-electron chi connectivity index (χ0n) is 16.1. The minimum absolute atomic E-state index is 0.0292. The van der Waals surface area contributed by atoms with Gasteiger partial charge < -0.3 is 4.74 Å². The van der Waals surface area contributed by atoms with Gasteiger partial charge in [0.1, 0.15) is 22.8 Å². The first-order valence-electron chi connectivity index (χ1n) is 9.22. The first-order chi connectivity index (χ1) is 13.9. The van der Waals surface area contributed by atoms with Crippen LogP contribution in [-0.4, -0.2) is 59.8 Å². The van der Waals surface area contributed by atoms with Crippen molar-refractivity contribution in [1.82, 2.24) is 14.9 Å². The van der Waals surface area contributed by atoms with Crippen LogP contribution in [0.2, 0.25) is 0 Å². The van der Waals surface area contributed by atoms with Crippen molar-refractivity contribution in [3.63, 3.8) is 0 Å². The molecule has 0 aromatic carbocycles. The Hall–Kier alpha value is -2.94. The highest BCUT2D eigenvalue weighted by atomic mass is 19.3. The number of anilines is 1. The molecular formula is C20H20F2N4O3. The van der Waals surface area contributed by atoms with E-state index in [2.05, 4.69) is 14.9 Å². The highest BCUT2D eigenvalue weighted by Crippen LogP contribution is 2.45. The molecule has 0 bridgehead atoms. The van der Waals surface area contributed by atoms with E-state index >= 15 is 0 Å². The molecule has 4 rings (SSSR count). The van der Waals surface area contributed by atoms with Crippen molar-refractivity contribution in [3.8, 4) is 16.9 Å². The van der Waals surface area contributed by atoms with Crippen LogP contribution >= 0.6 is 0 Å². The Morgan fingerprint density at radius 2 is 1.93 bits per heavy atom. The maximum Gasteiger partial charge on any atom is 0.280 e. The maximum atomic E-state index is 13.2. The quantitative estimate of drug-likeness (QED) is 0.716. The lowest BCUT2D eigenvalue weighted by atomic mass is 10.0. The number of halogens is 2. The van der Waals surface area contributed by atoms with Crippen LogP contribution in [-0.2, 0) is 4.79 Å². The number of nitrogens with zero attached hydrogens (tertiary/aromatic N) is 4. The standard InChI is InChI=1S/C20H20F2N4O3/c1-25-5-6-26(19(28)20(25)3-4-20)17-8-13(12(11-27)9-24-17)14-7-15(18(21)22)23-10-16(14)29-2/h7-11,18H,3-6H2,1-2H3. The smallest absolute Gasteiger partial charge is 0.280 e. The van der Waals surface area contributed by atoms with Gasteiger partial charge in [-0.1, -0.05) is 0 Å². The predicted molar refractivity (Wildman–Crippen MR) is 101 cm³/mol. The zero-order chi connectivity index (χ0) is 20.8. The van der Waals surface area contributed by atoms with Gasteiger partial charge in [0, 0.05) is 36.0 Å². The Kier molecular flexibility index (Phi) is 4.77. The van der Waals surface area contributed by atoms with Gasteiger partial charge in [-0.15, -0.1) is 0 Å². The van der Waals surface area contributed by atoms with Crippen LogP contribution in [0.25, 0.3) is 11.1 Å². The van der Waals surface area contributed by atoms with Crippen molar-refractivity contribution in [2.24, 2.45) is 0 Å². The molecular weight excluding hydrogens is 382 g/mol. The fourth-order valence-electron chi connectivity index (χ4n) is 3.79. The molecule has 9 heteroatoms. The summed E-state index contributed by atoms with van der Waals surface area (Å²) in [7, 11) is 3.33. The SMILES string of the molecule is COc1cnc(C(F)F)cc1-c1cc(N2CCN(C)C3(CC3)C2=O)ncc1C=O. The molecule has 0 unspecified atom stereocenters. The van der Waals surface area contributed by atoms with E-state index in [1.165, 1.54) is 25.6 Å². The third-order valence-corrected chi connectivity index (χ3v) is 5.70. The third-order valence-electron chi connectivity index (χ3n) is 5.70. The third kappa shape index (κ3) is 3.15. The van der Waals surface area contributed by atoms with E-state index in [4.69, 9.17) is 4.74 Å². The summed E-state index contributed by atoms with van der Waals surface area (Å²) in [5.41, 5.74) is -0.0283. The summed E-state index contributed by atoms with van der Waals surface area (Å²) >= 11 is 0. The lowest BCUT2D eigenvalue weighted by Gasteiger charge is -2.38. The number of hydrogen-bond acceptors (Lipinski definition) is 6. The molecule has 1 aliphatic heterocycles. The molecule has 2 aromatic rings. The molecule has 1 aliphatic carbocycles. The zero-order valence-corrected chi connectivity index (χ0v) is 16.1. The molecule has 1 saturated carbocycles. The van der Waals surface area contributed by atoms with E-state index in [1.807, 2.05) is 7.05 Å². The average Bonchev–Trinajstić information content (AvgIpc) is 3.53. The molecule has 0 N–H and O–H groups in total. The van der Waals surface area contributed by atoms with Crippen molar-refractivity contribution in [3.05, 3.63) is 35.8 Å². The fourth-order valence-corrected chi connectivity index (χ4v) is 3.79. The van der Waals surface area contributed by atoms with Gasteiger partial charge in [0.2, 0.25) is 5.91 Å². The summed E-state index contributed by atoms with van der Waals surface area (Å²) in [5.74, 6) is 0.601. The topological polar surface area (TPSA) is 75.6 Å². The summed E-state index contributed by atoms with van der Waals surface area (Å²) in [6.07, 6.45) is 1.98. The highest BCUT2D eigenvalue weighted by molar-refractivity contribution is 6.03. The summed E-state index contributed by atoms with van der Waals surface area (Å²) in [5, 5.41) is 0. The number of hydrogen-bond donors (Lipinski definition) is 0. The lowest BCUT2D eigenvalue weighted by Crippen LogP contribution is -2.57. The average molecular weight is 402 g/mol. The van der Waals surface area contributed by atoms with Crippen LogP contribution in [0.5, 0.6) is 5.75 Å². The Bertz CT molecular complexity index is 978. The summed E-state index contributed by atoms with van der Waals surface area (Å²) in [6.45, 7) is 1.16. The number of piperazine rings is 1. The molecule has 0 radical (unpaired) electrons. The number of pyridine rings is 2. The van der Waals surface area contributed by atoms with Crippen LogP contribution in [0.4, 0.5) is 14.6 Å². The monoisotopic (exact) mass is 402 g/mol. The van der Waals surface area contributed by atoms with Crippen molar-refractivity contribution in [1.29, 1.82) is 0 Å². The van der Waals surface area contributed by atoms with E-state index in [-0.39, 0.29) is 17.2 Å². The van der Waals surface area contributed by atoms with Crippen LogP contribution in [0.3, 0.4) is 0 Å². The van der Waals surface area contributed by atoms with Gasteiger partial charge in [0.25, 0.3) is 6.43 Å². The molecule has 29 heavy (non-hydrogen) atoms. The second kappa shape index (κ2) is 7.14. The summed E-state index contributed by atoms with van der Waals surface area (Å²) in [6, 6.07) is 2.78. The van der Waals surface area contributed by atoms with Gasteiger partial charge in [0.05, 0.1) is 13.3 Å². The van der Waals surface area contributed by atoms with Gasteiger partial charge in [-0.2, -0.15) is 0 Å². The van der Waals surface area contributed by atoms with Crippen molar-refractivity contribution in [2.45, 2.75) is 24.8 Å². The van der Waals surface area contributed by atoms with E-state index in [0.717, 1.165) is 12.8 Å². The molecule has 0 atom stereocenters. The Balaban J connectivity index is 1.80. The fraction of sp³-hybridized carbons (Fsp3) is 0.400. The van der Waals surface area contributed by atoms with E-state index in [9.17, 15) is 18.4 Å². The van der Waals surface area contributed by atoms with Gasteiger partial charge in [0.15, 0.2) is 6.29 Å². The number of aldehydes is 1. The molecule has 1 amide bonds. The number of rotatable bonds is 5. The van der Waals surface area contributed by atoms with Gasteiger partial charge in [-0.05, 0) is 32.0 Å². The molecule has 2 aliphatic rings. The van der Waals surface area contributed by atoms with Crippen LogP contribution in [0.15, 0.2) is 24.5 Å². The molecule has 152 valence electrons. The molecule has 2 aromatic heterocycles. The lowest BCUT2D eigenvalue weighted by molar-refractivity contribution is -0.126. The number of aromatic nitrogens is 2. The number of likely N-dealkylation sites (N-methyl/N-ethyl adjacent to an activating group) is 1. The van der Waals surface area contributed by atoms with Crippen molar-refractivity contribution in [2.75, 3.05) is 32.1 Å². The number of carbonyl (C=O) groups is 2. The van der Waals surface area contributed by atoms with E-state index < -0.39 is 17.7 Å². The van der Waals surface area contributed by atoms with Gasteiger partial charge >= 0.3 is 0 Å². The molecule has 3 heterocycles.